The fraction of sp³-hybridized carbons (Fsp3) is 0.438. The van der Waals surface area contributed by atoms with Gasteiger partial charge in [-0.05, 0) is 31.2 Å². The first-order valence-electron chi connectivity index (χ1n) is 7.10. The summed E-state index contributed by atoms with van der Waals surface area (Å²) >= 11 is 0. The fourth-order valence-electron chi connectivity index (χ4n) is 2.25. The monoisotopic (exact) mass is 273 g/mol. The molecule has 0 radical (unpaired) electrons. The van der Waals surface area contributed by atoms with Gasteiger partial charge in [0.1, 0.15) is 5.75 Å². The van der Waals surface area contributed by atoms with Gasteiger partial charge in [-0.2, -0.15) is 5.10 Å². The third kappa shape index (κ3) is 4.10. The van der Waals surface area contributed by atoms with Crippen LogP contribution < -0.4 is 10.1 Å². The van der Waals surface area contributed by atoms with Crippen LogP contribution in [0.15, 0.2) is 36.7 Å². The highest BCUT2D eigenvalue weighted by Gasteiger charge is 2.12. The second kappa shape index (κ2) is 7.10. The molecule has 0 fully saturated rings. The number of hydrogen-bond acceptors (Lipinski definition) is 3. The highest BCUT2D eigenvalue weighted by molar-refractivity contribution is 5.27. The zero-order valence-electron chi connectivity index (χ0n) is 12.5. The van der Waals surface area contributed by atoms with E-state index in [1.807, 2.05) is 30.1 Å². The molecular formula is C16H23N3O. The molecule has 1 heterocycles. The van der Waals surface area contributed by atoms with E-state index in [1.165, 1.54) is 11.1 Å². The zero-order valence-corrected chi connectivity index (χ0v) is 12.5. The van der Waals surface area contributed by atoms with Crippen molar-refractivity contribution in [2.75, 3.05) is 13.2 Å². The molecule has 1 N–H and O–H groups in total. The molecule has 20 heavy (non-hydrogen) atoms. The lowest BCUT2D eigenvalue weighted by atomic mass is 10.1. The minimum absolute atomic E-state index is 0.290. The number of aryl methyl sites for hydroxylation is 2. The average Bonchev–Trinajstić information content (AvgIpc) is 2.84. The van der Waals surface area contributed by atoms with E-state index in [9.17, 15) is 0 Å². The van der Waals surface area contributed by atoms with Crippen LogP contribution >= 0.6 is 0 Å². The van der Waals surface area contributed by atoms with E-state index in [0.29, 0.717) is 12.6 Å². The van der Waals surface area contributed by atoms with Crippen molar-refractivity contribution in [3.63, 3.8) is 0 Å². The highest BCUT2D eigenvalue weighted by Crippen LogP contribution is 2.18. The third-order valence-corrected chi connectivity index (χ3v) is 3.24. The molecule has 1 aromatic heterocycles. The summed E-state index contributed by atoms with van der Waals surface area (Å²) in [6, 6.07) is 8.45. The van der Waals surface area contributed by atoms with Crippen molar-refractivity contribution in [1.82, 2.24) is 15.1 Å². The van der Waals surface area contributed by atoms with Crippen LogP contribution in [0.5, 0.6) is 5.75 Å². The normalized spacial score (nSPS) is 12.3. The van der Waals surface area contributed by atoms with E-state index in [4.69, 9.17) is 4.74 Å². The minimum atomic E-state index is 0.290. The molecule has 2 aromatic rings. The topological polar surface area (TPSA) is 39.1 Å². The standard InChI is InChI=1S/C16H23N3O/c1-4-17-16(14-11-18-19(3)12-14)8-9-20-15-7-5-6-13(2)10-15/h5-7,10-12,16-17H,4,8-9H2,1-3H3. The van der Waals surface area contributed by atoms with Crippen LogP contribution in [0.25, 0.3) is 0 Å². The fourth-order valence-corrected chi connectivity index (χ4v) is 2.25. The van der Waals surface area contributed by atoms with Crippen molar-refractivity contribution in [3.05, 3.63) is 47.8 Å². The van der Waals surface area contributed by atoms with Gasteiger partial charge in [-0.1, -0.05) is 19.1 Å². The number of hydrogen-bond donors (Lipinski definition) is 1. The lowest BCUT2D eigenvalue weighted by Gasteiger charge is -2.16. The van der Waals surface area contributed by atoms with Crippen LogP contribution in [-0.2, 0) is 7.05 Å². The van der Waals surface area contributed by atoms with Gasteiger partial charge in [0, 0.05) is 31.3 Å². The van der Waals surface area contributed by atoms with Crippen molar-refractivity contribution >= 4 is 0 Å². The molecule has 1 unspecified atom stereocenters. The first-order valence-corrected chi connectivity index (χ1v) is 7.10. The first-order chi connectivity index (χ1) is 9.69. The Hall–Kier alpha value is -1.81. The molecule has 0 saturated heterocycles. The molecule has 0 bridgehead atoms. The van der Waals surface area contributed by atoms with Crippen molar-refractivity contribution in [1.29, 1.82) is 0 Å². The van der Waals surface area contributed by atoms with Crippen LogP contribution in [0.3, 0.4) is 0 Å². The van der Waals surface area contributed by atoms with Crippen LogP contribution in [0, 0.1) is 6.92 Å². The summed E-state index contributed by atoms with van der Waals surface area (Å²) in [5.74, 6) is 0.937. The van der Waals surface area contributed by atoms with Crippen LogP contribution in [0.4, 0.5) is 0 Å². The van der Waals surface area contributed by atoms with E-state index >= 15 is 0 Å². The van der Waals surface area contributed by atoms with Gasteiger partial charge in [0.25, 0.3) is 0 Å². The molecule has 1 atom stereocenters. The largest absolute Gasteiger partial charge is 0.494 e. The molecular weight excluding hydrogens is 250 g/mol. The molecule has 108 valence electrons. The summed E-state index contributed by atoms with van der Waals surface area (Å²) in [6.07, 6.45) is 4.90. The second-order valence-corrected chi connectivity index (χ2v) is 5.01. The SMILES string of the molecule is CCNC(CCOc1cccc(C)c1)c1cnn(C)c1. The van der Waals surface area contributed by atoms with E-state index in [0.717, 1.165) is 18.7 Å². The summed E-state index contributed by atoms with van der Waals surface area (Å²) in [7, 11) is 1.94. The predicted octanol–water partition coefficient (Wildman–Crippen LogP) is 2.85. The predicted molar refractivity (Wildman–Crippen MR) is 80.9 cm³/mol. The van der Waals surface area contributed by atoms with Crippen molar-refractivity contribution < 1.29 is 4.74 Å². The van der Waals surface area contributed by atoms with Crippen LogP contribution in [0.1, 0.15) is 30.5 Å². The van der Waals surface area contributed by atoms with Gasteiger partial charge in [0.2, 0.25) is 0 Å². The number of benzene rings is 1. The Morgan fingerprint density at radius 2 is 2.25 bits per heavy atom. The maximum atomic E-state index is 5.82. The molecule has 4 nitrogen and oxygen atoms in total. The zero-order chi connectivity index (χ0) is 14.4. The summed E-state index contributed by atoms with van der Waals surface area (Å²) < 4.78 is 7.66. The molecule has 0 aliphatic rings. The van der Waals surface area contributed by atoms with Gasteiger partial charge >= 0.3 is 0 Å². The molecule has 0 spiro atoms. The Morgan fingerprint density at radius 1 is 1.40 bits per heavy atom. The Kier molecular flexibility index (Phi) is 5.18. The van der Waals surface area contributed by atoms with Crippen LogP contribution in [-0.4, -0.2) is 22.9 Å². The minimum Gasteiger partial charge on any atom is -0.494 e. The van der Waals surface area contributed by atoms with Gasteiger partial charge in [0.15, 0.2) is 0 Å². The van der Waals surface area contributed by atoms with E-state index in [-0.39, 0.29) is 0 Å². The average molecular weight is 273 g/mol. The Labute approximate surface area is 120 Å². The summed E-state index contributed by atoms with van der Waals surface area (Å²) in [5, 5.41) is 7.71. The molecule has 0 aliphatic carbocycles. The van der Waals surface area contributed by atoms with Gasteiger partial charge < -0.3 is 10.1 Å². The quantitative estimate of drug-likeness (QED) is 0.843. The molecule has 1 aromatic carbocycles. The molecule has 4 heteroatoms. The number of ether oxygens (including phenoxy) is 1. The summed E-state index contributed by atoms with van der Waals surface area (Å²) in [4.78, 5) is 0. The Balaban J connectivity index is 1.89. The van der Waals surface area contributed by atoms with Gasteiger partial charge in [-0.25, -0.2) is 0 Å². The first kappa shape index (κ1) is 14.6. The summed E-state index contributed by atoms with van der Waals surface area (Å²) in [5.41, 5.74) is 2.43. The number of nitrogens with zero attached hydrogens (tertiary/aromatic N) is 2. The smallest absolute Gasteiger partial charge is 0.119 e. The summed E-state index contributed by atoms with van der Waals surface area (Å²) in [6.45, 7) is 5.81. The lowest BCUT2D eigenvalue weighted by molar-refractivity contribution is 0.287. The van der Waals surface area contributed by atoms with E-state index in [1.54, 1.807) is 0 Å². The van der Waals surface area contributed by atoms with Gasteiger partial charge in [0.05, 0.1) is 12.8 Å². The molecule has 0 aliphatic heterocycles. The van der Waals surface area contributed by atoms with Crippen molar-refractivity contribution in [2.24, 2.45) is 7.05 Å². The van der Waals surface area contributed by atoms with Gasteiger partial charge in [-0.15, -0.1) is 0 Å². The van der Waals surface area contributed by atoms with Crippen molar-refractivity contribution in [3.8, 4) is 5.75 Å². The maximum absolute atomic E-state index is 5.82. The van der Waals surface area contributed by atoms with E-state index in [2.05, 4.69) is 42.6 Å². The molecule has 0 amide bonds. The van der Waals surface area contributed by atoms with Gasteiger partial charge in [-0.3, -0.25) is 4.68 Å². The Morgan fingerprint density at radius 3 is 2.90 bits per heavy atom. The number of nitrogens with one attached hydrogen (secondary N) is 1. The second-order valence-electron chi connectivity index (χ2n) is 5.01. The maximum Gasteiger partial charge on any atom is 0.119 e. The molecule has 0 saturated carbocycles. The van der Waals surface area contributed by atoms with Crippen LogP contribution in [0.2, 0.25) is 0 Å². The third-order valence-electron chi connectivity index (χ3n) is 3.24. The number of rotatable bonds is 7. The van der Waals surface area contributed by atoms with E-state index < -0.39 is 0 Å². The number of aromatic nitrogens is 2. The Bertz CT molecular complexity index is 536. The lowest BCUT2D eigenvalue weighted by Crippen LogP contribution is -2.22. The van der Waals surface area contributed by atoms with Crippen molar-refractivity contribution in [2.45, 2.75) is 26.3 Å². The highest BCUT2D eigenvalue weighted by atomic mass is 16.5. The molecule has 2 rings (SSSR count).